The summed E-state index contributed by atoms with van der Waals surface area (Å²) in [6.45, 7) is 3.36. The maximum absolute atomic E-state index is 11.1. The summed E-state index contributed by atoms with van der Waals surface area (Å²) in [6, 6.07) is 1.81. The second kappa shape index (κ2) is 6.86. The van der Waals surface area contributed by atoms with Gasteiger partial charge in [-0.25, -0.2) is 0 Å². The lowest BCUT2D eigenvalue weighted by molar-refractivity contribution is -0.217. The van der Waals surface area contributed by atoms with Crippen LogP contribution in [0, 0.1) is 11.3 Å². The second-order valence-electron chi connectivity index (χ2n) is 4.18. The monoisotopic (exact) mass is 285 g/mol. The second-order valence-corrected chi connectivity index (χ2v) is 4.18. The first-order valence-corrected chi connectivity index (χ1v) is 5.88. The van der Waals surface area contributed by atoms with Gasteiger partial charge in [0.1, 0.15) is 0 Å². The van der Waals surface area contributed by atoms with Crippen molar-refractivity contribution in [3.05, 3.63) is 0 Å². The van der Waals surface area contributed by atoms with Crippen LogP contribution in [0.25, 0.3) is 0 Å². The molecule has 8 heteroatoms. The van der Waals surface area contributed by atoms with E-state index in [2.05, 4.69) is 0 Å². The van der Waals surface area contributed by atoms with Gasteiger partial charge in [-0.3, -0.25) is 14.4 Å². The maximum Gasteiger partial charge on any atom is 0.303 e. The molecule has 0 unspecified atom stereocenters. The van der Waals surface area contributed by atoms with Crippen molar-refractivity contribution in [2.75, 3.05) is 6.61 Å². The summed E-state index contributed by atoms with van der Waals surface area (Å²) in [7, 11) is 0. The van der Waals surface area contributed by atoms with E-state index in [4.69, 9.17) is 24.2 Å². The van der Waals surface area contributed by atoms with E-state index in [9.17, 15) is 14.4 Å². The molecule has 1 heterocycles. The number of carbonyl (C=O) groups is 3. The summed E-state index contributed by atoms with van der Waals surface area (Å²) in [4.78, 5) is 33.3. The largest absolute Gasteiger partial charge is 0.456 e. The lowest BCUT2D eigenvalue weighted by atomic mass is 10.00. The van der Waals surface area contributed by atoms with Gasteiger partial charge in [-0.2, -0.15) is 5.26 Å². The number of carbonyl (C=O) groups excluding carboxylic acids is 3. The SMILES string of the molecule is CC(=O)O[C@@H]1[C@H](OC(C)=O)[C@H](OC(C)=O)CO[C@@H]1C#N. The average Bonchev–Trinajstić information content (AvgIpc) is 2.31. The zero-order valence-corrected chi connectivity index (χ0v) is 11.3. The van der Waals surface area contributed by atoms with Crippen LogP contribution in [0.15, 0.2) is 0 Å². The van der Waals surface area contributed by atoms with Gasteiger partial charge in [0.2, 0.25) is 0 Å². The Balaban J connectivity index is 2.99. The summed E-state index contributed by atoms with van der Waals surface area (Å²) < 4.78 is 20.1. The molecule has 1 fully saturated rings. The maximum atomic E-state index is 11.1. The van der Waals surface area contributed by atoms with E-state index < -0.39 is 42.3 Å². The number of nitriles is 1. The van der Waals surface area contributed by atoms with E-state index in [1.807, 2.05) is 0 Å². The van der Waals surface area contributed by atoms with Gasteiger partial charge in [-0.05, 0) is 0 Å². The molecule has 110 valence electrons. The number of nitrogens with zero attached hydrogens (tertiary/aromatic N) is 1. The molecule has 0 saturated carbocycles. The average molecular weight is 285 g/mol. The molecule has 20 heavy (non-hydrogen) atoms. The van der Waals surface area contributed by atoms with Crippen molar-refractivity contribution in [1.82, 2.24) is 0 Å². The normalized spacial score (nSPS) is 28.9. The van der Waals surface area contributed by atoms with Crippen LogP contribution in [0.5, 0.6) is 0 Å². The molecule has 0 spiro atoms. The predicted molar refractivity (Wildman–Crippen MR) is 62.0 cm³/mol. The van der Waals surface area contributed by atoms with E-state index >= 15 is 0 Å². The van der Waals surface area contributed by atoms with Crippen LogP contribution in [0.2, 0.25) is 0 Å². The highest BCUT2D eigenvalue weighted by Crippen LogP contribution is 2.24. The van der Waals surface area contributed by atoms with Crippen molar-refractivity contribution < 1.29 is 33.3 Å². The molecule has 0 N–H and O–H groups in total. The molecule has 1 saturated heterocycles. The number of rotatable bonds is 3. The Bertz CT molecular complexity index is 442. The predicted octanol–water partition coefficient (Wildman–Crippen LogP) is -0.296. The van der Waals surface area contributed by atoms with Crippen LogP contribution in [0.3, 0.4) is 0 Å². The molecule has 1 aliphatic heterocycles. The van der Waals surface area contributed by atoms with E-state index in [-0.39, 0.29) is 6.61 Å². The van der Waals surface area contributed by atoms with Crippen LogP contribution < -0.4 is 0 Å². The number of ether oxygens (including phenoxy) is 4. The molecular formula is C12H15NO7. The number of hydrogen-bond acceptors (Lipinski definition) is 8. The van der Waals surface area contributed by atoms with Crippen molar-refractivity contribution in [1.29, 1.82) is 5.26 Å². The fraction of sp³-hybridized carbons (Fsp3) is 0.667. The molecule has 0 radical (unpaired) electrons. The van der Waals surface area contributed by atoms with E-state index in [1.54, 1.807) is 6.07 Å². The molecule has 0 aromatic rings. The minimum atomic E-state index is -1.15. The van der Waals surface area contributed by atoms with Crippen LogP contribution in [-0.4, -0.2) is 48.9 Å². The summed E-state index contributed by atoms with van der Waals surface area (Å²) in [5, 5.41) is 8.98. The van der Waals surface area contributed by atoms with Crippen molar-refractivity contribution in [3.8, 4) is 6.07 Å². The Hall–Kier alpha value is -2.14. The van der Waals surface area contributed by atoms with Gasteiger partial charge in [0.25, 0.3) is 0 Å². The third-order valence-electron chi connectivity index (χ3n) is 2.48. The third-order valence-corrected chi connectivity index (χ3v) is 2.48. The Labute approximate surface area is 115 Å². The van der Waals surface area contributed by atoms with Crippen LogP contribution in [-0.2, 0) is 33.3 Å². The van der Waals surface area contributed by atoms with Gasteiger partial charge in [-0.1, -0.05) is 0 Å². The minimum Gasteiger partial charge on any atom is -0.456 e. The van der Waals surface area contributed by atoms with E-state index in [0.717, 1.165) is 13.8 Å². The quantitative estimate of drug-likeness (QED) is 0.513. The zero-order valence-electron chi connectivity index (χ0n) is 11.3. The molecule has 1 aliphatic rings. The molecule has 1 rings (SSSR count). The van der Waals surface area contributed by atoms with Gasteiger partial charge in [0.15, 0.2) is 24.4 Å². The van der Waals surface area contributed by atoms with Gasteiger partial charge in [0, 0.05) is 20.8 Å². The minimum absolute atomic E-state index is 0.131. The van der Waals surface area contributed by atoms with E-state index in [0.29, 0.717) is 0 Å². The van der Waals surface area contributed by atoms with Gasteiger partial charge in [-0.15, -0.1) is 0 Å². The fourth-order valence-electron chi connectivity index (χ4n) is 1.85. The highest BCUT2D eigenvalue weighted by Gasteiger charge is 2.46. The zero-order chi connectivity index (χ0) is 15.3. The molecule has 8 nitrogen and oxygen atoms in total. The van der Waals surface area contributed by atoms with Crippen LogP contribution >= 0.6 is 0 Å². The summed E-state index contributed by atoms with van der Waals surface area (Å²) in [5.41, 5.74) is 0. The first kappa shape index (κ1) is 15.9. The Morgan fingerprint density at radius 2 is 1.50 bits per heavy atom. The standard InChI is InChI=1S/C12H15NO7/c1-6(14)18-10-5-17-9(4-13)11(19-7(2)15)12(10)20-8(3)16/h9-12H,5H2,1-3H3/t9-,10-,11+,12-/m1/s1. The molecule has 4 atom stereocenters. The summed E-state index contributed by atoms with van der Waals surface area (Å²) in [6.07, 6.45) is -4.28. The molecule has 0 amide bonds. The van der Waals surface area contributed by atoms with E-state index in [1.165, 1.54) is 6.92 Å². The highest BCUT2D eigenvalue weighted by molar-refractivity contribution is 5.68. The fourth-order valence-corrected chi connectivity index (χ4v) is 1.85. The van der Waals surface area contributed by atoms with Crippen molar-refractivity contribution in [2.45, 2.75) is 45.2 Å². The van der Waals surface area contributed by atoms with Crippen molar-refractivity contribution in [3.63, 3.8) is 0 Å². The van der Waals surface area contributed by atoms with Crippen LogP contribution in [0.4, 0.5) is 0 Å². The lowest BCUT2D eigenvalue weighted by Gasteiger charge is -2.37. The van der Waals surface area contributed by atoms with Gasteiger partial charge in [0.05, 0.1) is 12.7 Å². The molecule has 0 aromatic carbocycles. The van der Waals surface area contributed by atoms with Gasteiger partial charge >= 0.3 is 17.9 Å². The molecule has 0 aliphatic carbocycles. The topological polar surface area (TPSA) is 112 Å². The Morgan fingerprint density at radius 3 is 1.95 bits per heavy atom. The van der Waals surface area contributed by atoms with Crippen molar-refractivity contribution in [2.24, 2.45) is 0 Å². The summed E-state index contributed by atoms with van der Waals surface area (Å²) >= 11 is 0. The number of hydrogen-bond donors (Lipinski definition) is 0. The highest BCUT2D eigenvalue weighted by atomic mass is 16.6. The van der Waals surface area contributed by atoms with Crippen molar-refractivity contribution >= 4 is 17.9 Å². The number of esters is 3. The third kappa shape index (κ3) is 4.20. The lowest BCUT2D eigenvalue weighted by Crippen LogP contribution is -2.57. The Morgan fingerprint density at radius 1 is 1.00 bits per heavy atom. The van der Waals surface area contributed by atoms with Crippen LogP contribution in [0.1, 0.15) is 20.8 Å². The van der Waals surface area contributed by atoms with Gasteiger partial charge < -0.3 is 18.9 Å². The first-order valence-electron chi connectivity index (χ1n) is 5.88. The molecule has 0 aromatic heterocycles. The molecule has 0 bridgehead atoms. The first-order chi connectivity index (χ1) is 9.35. The summed E-state index contributed by atoms with van der Waals surface area (Å²) in [5.74, 6) is -1.92. The molecular weight excluding hydrogens is 270 g/mol. The smallest absolute Gasteiger partial charge is 0.303 e. The Kier molecular flexibility index (Phi) is 5.46.